The van der Waals surface area contributed by atoms with E-state index in [1.165, 1.54) is 23.1 Å². The van der Waals surface area contributed by atoms with Gasteiger partial charge in [-0.3, -0.25) is 4.79 Å². The molecule has 0 aliphatic carbocycles. The van der Waals surface area contributed by atoms with Gasteiger partial charge < -0.3 is 4.90 Å². The summed E-state index contributed by atoms with van der Waals surface area (Å²) in [5.41, 5.74) is 0.0884. The minimum absolute atomic E-state index is 0.0884. The van der Waals surface area contributed by atoms with Crippen LogP contribution in [0.2, 0.25) is 0 Å². The molecule has 0 fully saturated rings. The number of amides is 1. The van der Waals surface area contributed by atoms with Gasteiger partial charge in [-0.15, -0.1) is 0 Å². The maximum absolute atomic E-state index is 13.8. The minimum Gasteiger partial charge on any atom is -0.318 e. The standard InChI is InChI=1S/C13H12F4N2OS/c1-3-19(9-7-5-4-6-8(9)14)11-18-10(20)12(2,21-11)13(15,16)17/h4-7H,3H2,1-2H3. The molecule has 0 saturated heterocycles. The number of alkyl halides is 3. The predicted octanol–water partition coefficient (Wildman–Crippen LogP) is 3.60. The molecule has 1 aromatic rings. The lowest BCUT2D eigenvalue weighted by atomic mass is 10.1. The summed E-state index contributed by atoms with van der Waals surface area (Å²) in [5, 5.41) is -0.146. The van der Waals surface area contributed by atoms with E-state index in [9.17, 15) is 22.4 Å². The predicted molar refractivity (Wildman–Crippen MR) is 73.9 cm³/mol. The lowest BCUT2D eigenvalue weighted by molar-refractivity contribution is -0.165. The highest BCUT2D eigenvalue weighted by Crippen LogP contribution is 2.47. The third-order valence-corrected chi connectivity index (χ3v) is 4.44. The van der Waals surface area contributed by atoms with E-state index < -0.39 is 22.6 Å². The molecule has 8 heteroatoms. The quantitative estimate of drug-likeness (QED) is 0.781. The molecular weight excluding hydrogens is 308 g/mol. The van der Waals surface area contributed by atoms with Gasteiger partial charge in [0.15, 0.2) is 9.91 Å². The Morgan fingerprint density at radius 1 is 1.33 bits per heavy atom. The summed E-state index contributed by atoms with van der Waals surface area (Å²) >= 11 is 0.299. The van der Waals surface area contributed by atoms with Crippen molar-refractivity contribution in [1.82, 2.24) is 0 Å². The van der Waals surface area contributed by atoms with Crippen LogP contribution in [0.25, 0.3) is 0 Å². The first-order valence-electron chi connectivity index (χ1n) is 6.11. The Balaban J connectivity index is 2.37. The van der Waals surface area contributed by atoms with E-state index in [2.05, 4.69) is 4.99 Å². The summed E-state index contributed by atoms with van der Waals surface area (Å²) in [5.74, 6) is -1.86. The largest absolute Gasteiger partial charge is 0.412 e. The van der Waals surface area contributed by atoms with Gasteiger partial charge in [0.1, 0.15) is 5.82 Å². The molecule has 1 unspecified atom stereocenters. The number of anilines is 1. The molecule has 0 bridgehead atoms. The summed E-state index contributed by atoms with van der Waals surface area (Å²) < 4.78 is 50.2. The van der Waals surface area contributed by atoms with Crippen molar-refractivity contribution >= 4 is 28.5 Å². The number of rotatable bonds is 2. The van der Waals surface area contributed by atoms with Crippen LogP contribution in [0.5, 0.6) is 0 Å². The van der Waals surface area contributed by atoms with Crippen molar-refractivity contribution in [3.05, 3.63) is 30.1 Å². The molecule has 114 valence electrons. The van der Waals surface area contributed by atoms with Crippen LogP contribution in [0, 0.1) is 5.82 Å². The Morgan fingerprint density at radius 2 is 1.95 bits per heavy atom. The number of aliphatic imine (C=N–C) groups is 1. The average Bonchev–Trinajstić information content (AvgIpc) is 2.69. The monoisotopic (exact) mass is 320 g/mol. The fourth-order valence-corrected chi connectivity index (χ4v) is 2.90. The van der Waals surface area contributed by atoms with Gasteiger partial charge in [0.25, 0.3) is 5.91 Å². The van der Waals surface area contributed by atoms with Crippen LogP contribution in [-0.4, -0.2) is 28.5 Å². The van der Waals surface area contributed by atoms with Crippen LogP contribution in [-0.2, 0) is 4.79 Å². The van der Waals surface area contributed by atoms with Crippen LogP contribution in [0.15, 0.2) is 29.3 Å². The molecule has 1 atom stereocenters. The third-order valence-electron chi connectivity index (χ3n) is 3.13. The lowest BCUT2D eigenvalue weighted by Gasteiger charge is -2.26. The van der Waals surface area contributed by atoms with Gasteiger partial charge in [-0.1, -0.05) is 23.9 Å². The zero-order valence-corrected chi connectivity index (χ0v) is 12.1. The number of amidine groups is 1. The van der Waals surface area contributed by atoms with Crippen LogP contribution in [0.4, 0.5) is 23.2 Å². The highest BCUT2D eigenvalue weighted by Gasteiger charge is 2.61. The van der Waals surface area contributed by atoms with Crippen molar-refractivity contribution < 1.29 is 22.4 Å². The summed E-state index contributed by atoms with van der Waals surface area (Å²) in [6.07, 6.45) is -4.73. The molecule has 1 aromatic carbocycles. The summed E-state index contributed by atoms with van der Waals surface area (Å²) in [6, 6.07) is 5.66. The van der Waals surface area contributed by atoms with Crippen molar-refractivity contribution in [2.75, 3.05) is 11.4 Å². The van der Waals surface area contributed by atoms with Crippen LogP contribution >= 0.6 is 11.8 Å². The first kappa shape index (κ1) is 15.8. The number of hydrogen-bond acceptors (Lipinski definition) is 3. The van der Waals surface area contributed by atoms with Gasteiger partial charge in [-0.05, 0) is 26.0 Å². The van der Waals surface area contributed by atoms with Crippen molar-refractivity contribution in [2.45, 2.75) is 24.8 Å². The number of para-hydroxylation sites is 1. The summed E-state index contributed by atoms with van der Waals surface area (Å²) in [4.78, 5) is 16.4. The molecule has 0 aromatic heterocycles. The second-order valence-corrected chi connectivity index (χ2v) is 5.91. The second kappa shape index (κ2) is 5.32. The van der Waals surface area contributed by atoms with Gasteiger partial charge in [-0.25, -0.2) is 4.39 Å². The number of thioether (sulfide) groups is 1. The Bertz CT molecular complexity index is 602. The molecule has 1 heterocycles. The maximum Gasteiger partial charge on any atom is 0.412 e. The van der Waals surface area contributed by atoms with Crippen molar-refractivity contribution in [2.24, 2.45) is 4.99 Å². The normalized spacial score (nSPS) is 22.4. The molecule has 0 radical (unpaired) electrons. The number of carbonyl (C=O) groups excluding carboxylic acids is 1. The molecule has 1 aliphatic rings. The highest BCUT2D eigenvalue weighted by atomic mass is 32.2. The SMILES string of the molecule is CCN(C1=NC(=O)C(C)(C(F)(F)F)S1)c1ccccc1F. The van der Waals surface area contributed by atoms with Crippen LogP contribution in [0.3, 0.4) is 0 Å². The Hall–Kier alpha value is -1.57. The highest BCUT2D eigenvalue weighted by molar-refractivity contribution is 8.16. The lowest BCUT2D eigenvalue weighted by Crippen LogP contribution is -2.44. The van der Waals surface area contributed by atoms with Crippen LogP contribution in [0.1, 0.15) is 13.8 Å². The molecule has 1 aliphatic heterocycles. The topological polar surface area (TPSA) is 32.7 Å². The first-order chi connectivity index (χ1) is 9.70. The number of benzene rings is 1. The minimum atomic E-state index is -4.73. The van der Waals surface area contributed by atoms with Gasteiger partial charge >= 0.3 is 6.18 Å². The third kappa shape index (κ3) is 2.64. The fourth-order valence-electron chi connectivity index (χ4n) is 1.82. The fraction of sp³-hybridized carbons (Fsp3) is 0.385. The first-order valence-corrected chi connectivity index (χ1v) is 6.93. The summed E-state index contributed by atoms with van der Waals surface area (Å²) in [7, 11) is 0. The van der Waals surface area contributed by atoms with E-state index in [0.717, 1.165) is 6.92 Å². The number of halogens is 4. The molecule has 1 amide bonds. The van der Waals surface area contributed by atoms with Gasteiger partial charge in [0, 0.05) is 6.54 Å². The zero-order valence-electron chi connectivity index (χ0n) is 11.2. The van der Waals surface area contributed by atoms with Gasteiger partial charge in [-0.2, -0.15) is 18.2 Å². The molecular formula is C13H12F4N2OS. The van der Waals surface area contributed by atoms with Crippen molar-refractivity contribution in [1.29, 1.82) is 0 Å². The molecule has 21 heavy (non-hydrogen) atoms. The number of carbonyl (C=O) groups is 1. The Labute approximate surface area is 123 Å². The van der Waals surface area contributed by atoms with Gasteiger partial charge in [0.05, 0.1) is 5.69 Å². The maximum atomic E-state index is 13.8. The van der Waals surface area contributed by atoms with E-state index in [1.54, 1.807) is 13.0 Å². The van der Waals surface area contributed by atoms with E-state index in [-0.39, 0.29) is 17.4 Å². The van der Waals surface area contributed by atoms with Crippen molar-refractivity contribution in [3.8, 4) is 0 Å². The number of hydrogen-bond donors (Lipinski definition) is 0. The van der Waals surface area contributed by atoms with E-state index in [1.807, 2.05) is 0 Å². The van der Waals surface area contributed by atoms with Gasteiger partial charge in [0.2, 0.25) is 0 Å². The molecule has 0 N–H and O–H groups in total. The van der Waals surface area contributed by atoms with E-state index in [0.29, 0.717) is 11.8 Å². The van der Waals surface area contributed by atoms with Crippen LogP contribution < -0.4 is 4.90 Å². The zero-order chi connectivity index (χ0) is 15.8. The number of nitrogens with zero attached hydrogens (tertiary/aromatic N) is 2. The van der Waals surface area contributed by atoms with E-state index >= 15 is 0 Å². The Morgan fingerprint density at radius 3 is 2.43 bits per heavy atom. The molecule has 2 rings (SSSR count). The van der Waals surface area contributed by atoms with E-state index in [4.69, 9.17) is 0 Å². The Kier molecular flexibility index (Phi) is 4.01. The molecule has 0 saturated carbocycles. The van der Waals surface area contributed by atoms with Crippen molar-refractivity contribution in [3.63, 3.8) is 0 Å². The molecule has 3 nitrogen and oxygen atoms in total. The average molecular weight is 320 g/mol. The molecule has 0 spiro atoms. The second-order valence-electron chi connectivity index (χ2n) is 4.53. The smallest absolute Gasteiger partial charge is 0.318 e. The summed E-state index contributed by atoms with van der Waals surface area (Å²) in [6.45, 7) is 2.61.